The molecule has 4 rings (SSSR count). The van der Waals surface area contributed by atoms with E-state index < -0.39 is 0 Å². The molecule has 0 spiro atoms. The zero-order valence-electron chi connectivity index (χ0n) is 18.5. The number of halogens is 3. The Morgan fingerprint density at radius 3 is 2.45 bits per heavy atom. The molecule has 0 unspecified atom stereocenters. The van der Waals surface area contributed by atoms with Crippen LogP contribution in [0.5, 0.6) is 0 Å². The van der Waals surface area contributed by atoms with Gasteiger partial charge in [-0.25, -0.2) is 9.97 Å². The van der Waals surface area contributed by atoms with Crippen LogP contribution in [0.15, 0.2) is 54.2 Å². The van der Waals surface area contributed by atoms with Gasteiger partial charge in [0.2, 0.25) is 0 Å². The van der Waals surface area contributed by atoms with E-state index in [0.29, 0.717) is 21.5 Å². The second-order valence-electron chi connectivity index (χ2n) is 8.11. The predicted octanol–water partition coefficient (Wildman–Crippen LogP) is 9.19. The van der Waals surface area contributed by atoms with Crippen LogP contribution in [0.3, 0.4) is 0 Å². The fraction of sp³-hybridized carbons (Fsp3) is 0.308. The molecule has 2 aromatic carbocycles. The van der Waals surface area contributed by atoms with E-state index >= 15 is 0 Å². The lowest BCUT2D eigenvalue weighted by Crippen LogP contribution is -2.00. The van der Waals surface area contributed by atoms with Gasteiger partial charge in [0.05, 0.1) is 32.8 Å². The molecule has 0 radical (unpaired) electrons. The van der Waals surface area contributed by atoms with Gasteiger partial charge in [-0.05, 0) is 36.2 Å². The predicted molar refractivity (Wildman–Crippen MR) is 142 cm³/mol. The second-order valence-corrected chi connectivity index (χ2v) is 10.3. The first-order valence-electron chi connectivity index (χ1n) is 11.2. The third kappa shape index (κ3) is 6.19. The van der Waals surface area contributed by atoms with Gasteiger partial charge in [0.25, 0.3) is 0 Å². The Hall–Kier alpha value is -1.85. The van der Waals surface area contributed by atoms with Gasteiger partial charge in [0.1, 0.15) is 5.69 Å². The molecule has 0 aliphatic rings. The smallest absolute Gasteiger partial charge is 0.100 e. The maximum atomic E-state index is 6.20. The van der Waals surface area contributed by atoms with Gasteiger partial charge in [-0.2, -0.15) is 0 Å². The summed E-state index contributed by atoms with van der Waals surface area (Å²) in [4.78, 5) is 9.75. The molecule has 3 nitrogen and oxygen atoms in total. The number of hydrogen-bond donors (Lipinski definition) is 0. The van der Waals surface area contributed by atoms with E-state index in [-0.39, 0.29) is 0 Å². The lowest BCUT2D eigenvalue weighted by Gasteiger charge is -2.09. The molecule has 2 aromatic heterocycles. The van der Waals surface area contributed by atoms with Gasteiger partial charge in [-0.3, -0.25) is 0 Å². The molecule has 7 heteroatoms. The Balaban J connectivity index is 1.62. The molecule has 0 saturated carbocycles. The van der Waals surface area contributed by atoms with Gasteiger partial charge < -0.3 is 4.57 Å². The summed E-state index contributed by atoms with van der Waals surface area (Å²) in [6, 6.07) is 13.6. The summed E-state index contributed by atoms with van der Waals surface area (Å²) in [7, 11) is 0. The molecule has 0 atom stereocenters. The maximum absolute atomic E-state index is 6.20. The van der Waals surface area contributed by atoms with Crippen molar-refractivity contribution in [3.05, 3.63) is 79.8 Å². The number of benzene rings is 2. The van der Waals surface area contributed by atoms with Crippen LogP contribution < -0.4 is 0 Å². The topological polar surface area (TPSA) is 30.7 Å². The second kappa shape index (κ2) is 11.5. The molecule has 0 aliphatic carbocycles. The van der Waals surface area contributed by atoms with Crippen LogP contribution in [-0.4, -0.2) is 14.5 Å². The van der Waals surface area contributed by atoms with Crippen molar-refractivity contribution < 1.29 is 0 Å². The number of rotatable bonds is 10. The minimum Gasteiger partial charge on any atom is -0.329 e. The molecule has 0 saturated heterocycles. The SMILES string of the molecule is CCCCCCCn1cnc(-c2ccc(Cl)cc2)c1-c1csc(Cc2ccc(Cl)c(Cl)c2)n1. The molecule has 33 heavy (non-hydrogen) atoms. The molecule has 0 aliphatic heterocycles. The van der Waals surface area contributed by atoms with Crippen molar-refractivity contribution in [1.82, 2.24) is 14.5 Å². The van der Waals surface area contributed by atoms with Crippen molar-refractivity contribution in [3.8, 4) is 22.6 Å². The first-order valence-corrected chi connectivity index (χ1v) is 13.3. The minimum absolute atomic E-state index is 0.565. The van der Waals surface area contributed by atoms with E-state index in [4.69, 9.17) is 44.8 Å². The fourth-order valence-corrected chi connectivity index (χ4v) is 5.11. The summed E-state index contributed by atoms with van der Waals surface area (Å²) in [5, 5.41) is 5.00. The van der Waals surface area contributed by atoms with E-state index in [9.17, 15) is 0 Å². The average molecular weight is 519 g/mol. The van der Waals surface area contributed by atoms with Crippen LogP contribution in [0, 0.1) is 0 Å². The zero-order chi connectivity index (χ0) is 23.2. The highest BCUT2D eigenvalue weighted by atomic mass is 35.5. The standard InChI is InChI=1S/C26H26Cl3N3S/c1-2-3-4-5-6-13-32-17-30-25(19-8-10-20(27)11-9-19)26(32)23-16-33-24(31-23)15-18-7-12-21(28)22(29)14-18/h7-12,14,16-17H,2-6,13,15H2,1H3. The van der Waals surface area contributed by atoms with Crippen LogP contribution in [0.4, 0.5) is 0 Å². The summed E-state index contributed by atoms with van der Waals surface area (Å²) in [5.41, 5.74) is 5.08. The van der Waals surface area contributed by atoms with E-state index in [1.54, 1.807) is 11.3 Å². The number of hydrogen-bond acceptors (Lipinski definition) is 3. The lowest BCUT2D eigenvalue weighted by molar-refractivity contribution is 0.570. The molecule has 0 fully saturated rings. The normalized spacial score (nSPS) is 11.3. The molecule has 0 amide bonds. The number of thiazole rings is 1. The zero-order valence-corrected chi connectivity index (χ0v) is 21.6. The van der Waals surface area contributed by atoms with Crippen molar-refractivity contribution in [2.75, 3.05) is 0 Å². The Morgan fingerprint density at radius 2 is 1.70 bits per heavy atom. The first kappa shape index (κ1) is 24.3. The van der Waals surface area contributed by atoms with Crippen LogP contribution in [0.2, 0.25) is 15.1 Å². The van der Waals surface area contributed by atoms with Crippen LogP contribution >= 0.6 is 46.1 Å². The highest BCUT2D eigenvalue weighted by Crippen LogP contribution is 2.34. The van der Waals surface area contributed by atoms with Crippen LogP contribution in [-0.2, 0) is 13.0 Å². The number of aromatic nitrogens is 3. The third-order valence-electron chi connectivity index (χ3n) is 5.59. The Morgan fingerprint density at radius 1 is 0.909 bits per heavy atom. The Kier molecular flexibility index (Phi) is 8.48. The summed E-state index contributed by atoms with van der Waals surface area (Å²) >= 11 is 20.0. The van der Waals surface area contributed by atoms with E-state index in [0.717, 1.165) is 46.2 Å². The molecular formula is C26H26Cl3N3S. The summed E-state index contributed by atoms with van der Waals surface area (Å²) in [6.07, 6.45) is 8.81. The molecule has 4 aromatic rings. The van der Waals surface area contributed by atoms with Crippen molar-refractivity contribution >= 4 is 46.1 Å². The maximum Gasteiger partial charge on any atom is 0.100 e. The largest absolute Gasteiger partial charge is 0.329 e. The van der Waals surface area contributed by atoms with E-state index in [2.05, 4.69) is 16.9 Å². The van der Waals surface area contributed by atoms with Crippen molar-refractivity contribution in [3.63, 3.8) is 0 Å². The number of aryl methyl sites for hydroxylation is 1. The Labute approximate surface area is 214 Å². The summed E-state index contributed by atoms with van der Waals surface area (Å²) in [6.45, 7) is 3.17. The fourth-order valence-electron chi connectivity index (χ4n) is 3.85. The van der Waals surface area contributed by atoms with Crippen molar-refractivity contribution in [2.24, 2.45) is 0 Å². The minimum atomic E-state index is 0.565. The van der Waals surface area contributed by atoms with Crippen molar-refractivity contribution in [2.45, 2.75) is 52.0 Å². The van der Waals surface area contributed by atoms with E-state index in [1.165, 1.54) is 25.7 Å². The molecule has 172 valence electrons. The molecule has 2 heterocycles. The summed E-state index contributed by atoms with van der Waals surface area (Å²) in [5.74, 6) is 0. The number of nitrogens with zero attached hydrogens (tertiary/aromatic N) is 3. The van der Waals surface area contributed by atoms with Gasteiger partial charge in [0.15, 0.2) is 0 Å². The number of unbranched alkanes of at least 4 members (excludes halogenated alkanes) is 4. The average Bonchev–Trinajstić information content (AvgIpc) is 3.43. The van der Waals surface area contributed by atoms with E-state index in [1.807, 2.05) is 48.8 Å². The summed E-state index contributed by atoms with van der Waals surface area (Å²) < 4.78 is 2.24. The monoisotopic (exact) mass is 517 g/mol. The molecule has 0 bridgehead atoms. The van der Waals surface area contributed by atoms with Gasteiger partial charge >= 0.3 is 0 Å². The van der Waals surface area contributed by atoms with Crippen LogP contribution in [0.25, 0.3) is 22.6 Å². The Bertz CT molecular complexity index is 1200. The van der Waals surface area contributed by atoms with Gasteiger partial charge in [-0.1, -0.05) is 85.6 Å². The van der Waals surface area contributed by atoms with Gasteiger partial charge in [0, 0.05) is 28.9 Å². The molecular weight excluding hydrogens is 493 g/mol. The third-order valence-corrected chi connectivity index (χ3v) is 7.43. The number of imidazole rings is 1. The lowest BCUT2D eigenvalue weighted by atomic mass is 10.1. The van der Waals surface area contributed by atoms with Gasteiger partial charge in [-0.15, -0.1) is 11.3 Å². The highest BCUT2D eigenvalue weighted by molar-refractivity contribution is 7.10. The quantitative estimate of drug-likeness (QED) is 0.196. The molecule has 0 N–H and O–H groups in total. The highest BCUT2D eigenvalue weighted by Gasteiger charge is 2.18. The first-order chi connectivity index (χ1) is 16.0. The van der Waals surface area contributed by atoms with Crippen molar-refractivity contribution in [1.29, 1.82) is 0 Å². The van der Waals surface area contributed by atoms with Crippen LogP contribution in [0.1, 0.15) is 49.6 Å².